The van der Waals surface area contributed by atoms with E-state index < -0.39 is 23.1 Å². The molecule has 25 heavy (non-hydrogen) atoms. The molecule has 0 fully saturated rings. The van der Waals surface area contributed by atoms with Crippen molar-refractivity contribution >= 4 is 11.9 Å². The first-order valence-corrected chi connectivity index (χ1v) is 7.94. The molecule has 2 aromatic rings. The highest BCUT2D eigenvalue weighted by molar-refractivity contribution is 5.94. The molecule has 0 spiro atoms. The molecule has 0 amide bonds. The predicted octanol–water partition coefficient (Wildman–Crippen LogP) is 3.18. The average Bonchev–Trinajstić information content (AvgIpc) is 2.89. The Bertz CT molecular complexity index is 722. The fourth-order valence-corrected chi connectivity index (χ4v) is 2.04. The quantitative estimate of drug-likeness (QED) is 0.795. The van der Waals surface area contributed by atoms with Crippen LogP contribution < -0.4 is 0 Å². The van der Waals surface area contributed by atoms with Crippen LogP contribution in [0.15, 0.2) is 30.6 Å². The van der Waals surface area contributed by atoms with Gasteiger partial charge in [-0.1, -0.05) is 0 Å². The lowest BCUT2D eigenvalue weighted by atomic mass is 10.2. The van der Waals surface area contributed by atoms with Crippen molar-refractivity contribution in [2.75, 3.05) is 0 Å². The standard InChI is InChI=1S/C18H23N3O4/c1-17(2,3)24-14(22)12-8-9-13(15(23)25-18(4,5)6)21(12)16-19-10-7-11-20-16/h7-11H,1-6H3. The molecule has 0 saturated carbocycles. The normalized spacial score (nSPS) is 11.9. The highest BCUT2D eigenvalue weighted by Crippen LogP contribution is 2.20. The minimum atomic E-state index is -0.671. The smallest absolute Gasteiger partial charge is 0.355 e. The number of esters is 2. The number of aromatic nitrogens is 3. The first-order chi connectivity index (χ1) is 11.5. The summed E-state index contributed by atoms with van der Waals surface area (Å²) >= 11 is 0. The van der Waals surface area contributed by atoms with Crippen molar-refractivity contribution in [2.45, 2.75) is 52.7 Å². The fraction of sp³-hybridized carbons (Fsp3) is 0.444. The molecule has 134 valence electrons. The van der Waals surface area contributed by atoms with Crippen LogP contribution >= 0.6 is 0 Å². The molecule has 0 N–H and O–H groups in total. The molecule has 0 saturated heterocycles. The molecule has 7 nitrogen and oxygen atoms in total. The first kappa shape index (κ1) is 18.6. The molecule has 0 aromatic carbocycles. The number of ether oxygens (including phenoxy) is 2. The Labute approximate surface area is 147 Å². The van der Waals surface area contributed by atoms with Crippen LogP contribution in [0.5, 0.6) is 0 Å². The number of carbonyl (C=O) groups is 2. The zero-order valence-electron chi connectivity index (χ0n) is 15.4. The Morgan fingerprint density at radius 2 is 1.24 bits per heavy atom. The minimum absolute atomic E-state index is 0.155. The molecule has 7 heteroatoms. The molecular formula is C18H23N3O4. The van der Waals surface area contributed by atoms with Crippen molar-refractivity contribution in [1.29, 1.82) is 0 Å². The lowest BCUT2D eigenvalue weighted by Gasteiger charge is -2.21. The Kier molecular flexibility index (Phi) is 4.97. The van der Waals surface area contributed by atoms with Crippen molar-refractivity contribution in [3.8, 4) is 5.95 Å². The van der Waals surface area contributed by atoms with E-state index in [0.717, 1.165) is 0 Å². The van der Waals surface area contributed by atoms with Gasteiger partial charge in [-0.3, -0.25) is 4.57 Å². The topological polar surface area (TPSA) is 83.3 Å². The monoisotopic (exact) mass is 345 g/mol. The molecule has 0 aliphatic carbocycles. The zero-order valence-corrected chi connectivity index (χ0v) is 15.4. The van der Waals surface area contributed by atoms with E-state index in [1.165, 1.54) is 29.1 Å². The third kappa shape index (κ3) is 4.89. The van der Waals surface area contributed by atoms with Gasteiger partial charge in [0.2, 0.25) is 5.95 Å². The van der Waals surface area contributed by atoms with E-state index in [1.54, 1.807) is 47.6 Å². The summed E-state index contributed by atoms with van der Waals surface area (Å²) in [6.07, 6.45) is 3.06. The van der Waals surface area contributed by atoms with E-state index in [0.29, 0.717) is 0 Å². The molecule has 0 radical (unpaired) electrons. The SMILES string of the molecule is CC(C)(C)OC(=O)c1ccc(C(=O)OC(C)(C)C)n1-c1ncccn1. The average molecular weight is 345 g/mol. The van der Waals surface area contributed by atoms with Crippen LogP contribution in [-0.4, -0.2) is 37.7 Å². The molecule has 0 atom stereocenters. The van der Waals surface area contributed by atoms with Crippen LogP contribution in [0.25, 0.3) is 5.95 Å². The number of nitrogens with zero attached hydrogens (tertiary/aromatic N) is 3. The Morgan fingerprint density at radius 1 is 0.840 bits per heavy atom. The van der Waals surface area contributed by atoms with Gasteiger partial charge in [-0.15, -0.1) is 0 Å². The Hall–Kier alpha value is -2.70. The van der Waals surface area contributed by atoms with E-state index in [-0.39, 0.29) is 17.3 Å². The minimum Gasteiger partial charge on any atom is -0.455 e. The second-order valence-electron chi connectivity index (χ2n) is 7.49. The van der Waals surface area contributed by atoms with Crippen molar-refractivity contribution < 1.29 is 19.1 Å². The van der Waals surface area contributed by atoms with Crippen LogP contribution in [0, 0.1) is 0 Å². The molecular weight excluding hydrogens is 322 g/mol. The number of carbonyl (C=O) groups excluding carboxylic acids is 2. The maximum atomic E-state index is 12.5. The van der Waals surface area contributed by atoms with Crippen LogP contribution in [0.4, 0.5) is 0 Å². The highest BCUT2D eigenvalue weighted by atomic mass is 16.6. The third-order valence-electron chi connectivity index (χ3n) is 2.85. The first-order valence-electron chi connectivity index (χ1n) is 7.94. The van der Waals surface area contributed by atoms with E-state index in [4.69, 9.17) is 9.47 Å². The highest BCUT2D eigenvalue weighted by Gasteiger charge is 2.28. The predicted molar refractivity (Wildman–Crippen MR) is 91.7 cm³/mol. The number of hydrogen-bond donors (Lipinski definition) is 0. The summed E-state index contributed by atoms with van der Waals surface area (Å²) in [5.74, 6) is -0.959. The van der Waals surface area contributed by atoms with Gasteiger partial charge in [0.15, 0.2) is 0 Å². The van der Waals surface area contributed by atoms with Gasteiger partial charge in [0, 0.05) is 12.4 Å². The van der Waals surface area contributed by atoms with Crippen LogP contribution in [0.2, 0.25) is 0 Å². The summed E-state index contributed by atoms with van der Waals surface area (Å²) in [6.45, 7) is 10.6. The molecule has 0 bridgehead atoms. The van der Waals surface area contributed by atoms with Gasteiger partial charge in [0.25, 0.3) is 0 Å². The van der Waals surface area contributed by atoms with Crippen LogP contribution in [0.1, 0.15) is 62.5 Å². The van der Waals surface area contributed by atoms with Gasteiger partial charge in [-0.05, 0) is 59.7 Å². The van der Waals surface area contributed by atoms with E-state index in [2.05, 4.69) is 9.97 Å². The molecule has 2 rings (SSSR count). The third-order valence-corrected chi connectivity index (χ3v) is 2.85. The fourth-order valence-electron chi connectivity index (χ4n) is 2.04. The summed E-state index contributed by atoms with van der Waals surface area (Å²) in [7, 11) is 0. The summed E-state index contributed by atoms with van der Waals surface area (Å²) < 4.78 is 12.2. The molecule has 2 aromatic heterocycles. The molecule has 0 unspecified atom stereocenters. The van der Waals surface area contributed by atoms with Crippen LogP contribution in [0.3, 0.4) is 0 Å². The van der Waals surface area contributed by atoms with E-state index >= 15 is 0 Å². The van der Waals surface area contributed by atoms with Gasteiger partial charge in [0.1, 0.15) is 22.6 Å². The number of hydrogen-bond acceptors (Lipinski definition) is 6. The molecule has 0 aliphatic rings. The Morgan fingerprint density at radius 3 is 1.60 bits per heavy atom. The van der Waals surface area contributed by atoms with Crippen molar-refractivity contribution in [1.82, 2.24) is 14.5 Å². The molecule has 2 heterocycles. The van der Waals surface area contributed by atoms with Gasteiger partial charge < -0.3 is 9.47 Å². The van der Waals surface area contributed by atoms with Gasteiger partial charge in [-0.2, -0.15) is 0 Å². The van der Waals surface area contributed by atoms with Gasteiger partial charge in [0.05, 0.1) is 0 Å². The lowest BCUT2D eigenvalue weighted by molar-refractivity contribution is 0.00557. The lowest BCUT2D eigenvalue weighted by Crippen LogP contribution is -2.28. The number of rotatable bonds is 3. The summed E-state index contributed by atoms with van der Waals surface area (Å²) in [4.78, 5) is 33.3. The Balaban J connectivity index is 2.52. The zero-order chi connectivity index (χ0) is 18.8. The second kappa shape index (κ2) is 6.66. The molecule has 0 aliphatic heterocycles. The van der Waals surface area contributed by atoms with Gasteiger partial charge >= 0.3 is 11.9 Å². The van der Waals surface area contributed by atoms with Gasteiger partial charge in [-0.25, -0.2) is 19.6 Å². The largest absolute Gasteiger partial charge is 0.455 e. The summed E-state index contributed by atoms with van der Waals surface area (Å²) in [6, 6.07) is 4.65. The maximum Gasteiger partial charge on any atom is 0.355 e. The summed E-state index contributed by atoms with van der Waals surface area (Å²) in [5, 5.41) is 0. The van der Waals surface area contributed by atoms with Crippen molar-refractivity contribution in [3.63, 3.8) is 0 Å². The second-order valence-corrected chi connectivity index (χ2v) is 7.49. The maximum absolute atomic E-state index is 12.5. The van der Waals surface area contributed by atoms with E-state index in [9.17, 15) is 9.59 Å². The van der Waals surface area contributed by atoms with E-state index in [1.807, 2.05) is 0 Å². The van der Waals surface area contributed by atoms with Crippen molar-refractivity contribution in [3.05, 3.63) is 42.0 Å². The van der Waals surface area contributed by atoms with Crippen LogP contribution in [-0.2, 0) is 9.47 Å². The summed E-state index contributed by atoms with van der Waals surface area (Å²) in [5.41, 5.74) is -1.03. The van der Waals surface area contributed by atoms with Crippen molar-refractivity contribution in [2.24, 2.45) is 0 Å².